The molecule has 0 saturated heterocycles. The predicted molar refractivity (Wildman–Crippen MR) is 56.1 cm³/mol. The lowest BCUT2D eigenvalue weighted by Gasteiger charge is -2.03. The molecule has 0 aliphatic heterocycles. The summed E-state index contributed by atoms with van der Waals surface area (Å²) >= 11 is 0. The van der Waals surface area contributed by atoms with E-state index in [0.29, 0.717) is 5.75 Å². The van der Waals surface area contributed by atoms with Crippen LogP contribution in [0, 0.1) is 0 Å². The molecule has 1 aromatic carbocycles. The number of benzene rings is 1. The Morgan fingerprint density at radius 1 is 1.00 bits per heavy atom. The van der Waals surface area contributed by atoms with Gasteiger partial charge in [-0.05, 0) is 5.30 Å². The quantitative estimate of drug-likeness (QED) is 0.566. The van der Waals surface area contributed by atoms with Crippen LogP contribution in [0.15, 0.2) is 12.1 Å². The molecule has 0 fully saturated rings. The van der Waals surface area contributed by atoms with Gasteiger partial charge >= 0.3 is 0 Å². The van der Waals surface area contributed by atoms with Gasteiger partial charge in [0.05, 0.1) is 0 Å². The highest BCUT2D eigenvalue weighted by atomic mass is 31.0. The molecule has 10 heavy (non-hydrogen) atoms. The van der Waals surface area contributed by atoms with Crippen molar-refractivity contribution in [3.8, 4) is 5.75 Å². The summed E-state index contributed by atoms with van der Waals surface area (Å²) in [4.78, 5) is 0. The molecule has 0 saturated carbocycles. The summed E-state index contributed by atoms with van der Waals surface area (Å²) in [5, 5.41) is 12.0. The van der Waals surface area contributed by atoms with E-state index in [4.69, 9.17) is 0 Å². The smallest absolute Gasteiger partial charge is 0.130 e. The van der Waals surface area contributed by atoms with E-state index in [0.717, 1.165) is 15.9 Å². The third-order valence-corrected chi connectivity index (χ3v) is 3.19. The molecule has 0 aliphatic rings. The van der Waals surface area contributed by atoms with Gasteiger partial charge in [-0.2, -0.15) is 0 Å². The van der Waals surface area contributed by atoms with Gasteiger partial charge < -0.3 is 5.11 Å². The number of hydrogen-bond donors (Lipinski definition) is 1. The molecule has 0 bridgehead atoms. The average Bonchev–Trinajstić information content (AvgIpc) is 1.93. The molecule has 1 rings (SSSR count). The van der Waals surface area contributed by atoms with E-state index in [2.05, 4.69) is 27.7 Å². The molecule has 3 unspecified atom stereocenters. The monoisotopic (exact) mass is 190 g/mol. The first-order valence-corrected chi connectivity index (χ1v) is 4.48. The SMILES string of the molecule is Oc1c(P)ccc(P)c1P. The predicted octanol–water partition coefficient (Wildman–Crippen LogP) is -0.107. The third-order valence-electron chi connectivity index (χ3n) is 1.28. The summed E-state index contributed by atoms with van der Waals surface area (Å²) in [5.41, 5.74) is 0. The zero-order chi connectivity index (χ0) is 7.72. The first kappa shape index (κ1) is 8.41. The van der Waals surface area contributed by atoms with Crippen LogP contribution in [0.25, 0.3) is 0 Å². The topological polar surface area (TPSA) is 20.2 Å². The zero-order valence-corrected chi connectivity index (χ0v) is 8.80. The van der Waals surface area contributed by atoms with E-state index >= 15 is 0 Å². The summed E-state index contributed by atoms with van der Waals surface area (Å²) in [6.07, 6.45) is 0. The number of rotatable bonds is 0. The molecular formula is C6H9OP3. The highest BCUT2D eigenvalue weighted by molar-refractivity contribution is 7.36. The number of hydrogen-bond acceptors (Lipinski definition) is 1. The van der Waals surface area contributed by atoms with Crippen LogP contribution in [-0.4, -0.2) is 5.11 Å². The fourth-order valence-electron chi connectivity index (χ4n) is 0.640. The van der Waals surface area contributed by atoms with Gasteiger partial charge in [0, 0.05) is 10.6 Å². The molecule has 1 aromatic rings. The van der Waals surface area contributed by atoms with E-state index in [1.54, 1.807) is 0 Å². The maximum atomic E-state index is 9.33. The second-order valence-corrected chi connectivity index (χ2v) is 3.83. The second kappa shape index (κ2) is 3.14. The number of aromatic hydroxyl groups is 1. The van der Waals surface area contributed by atoms with Crippen LogP contribution < -0.4 is 15.9 Å². The molecule has 1 nitrogen and oxygen atoms in total. The average molecular weight is 190 g/mol. The zero-order valence-electron chi connectivity index (χ0n) is 5.33. The summed E-state index contributed by atoms with van der Waals surface area (Å²) < 4.78 is 0. The van der Waals surface area contributed by atoms with Crippen molar-refractivity contribution in [3.63, 3.8) is 0 Å². The van der Waals surface area contributed by atoms with Gasteiger partial charge in [0.15, 0.2) is 0 Å². The molecule has 0 aromatic heterocycles. The van der Waals surface area contributed by atoms with Crippen molar-refractivity contribution in [3.05, 3.63) is 12.1 Å². The first-order chi connectivity index (χ1) is 4.63. The van der Waals surface area contributed by atoms with Crippen molar-refractivity contribution < 1.29 is 5.11 Å². The third kappa shape index (κ3) is 1.48. The van der Waals surface area contributed by atoms with E-state index < -0.39 is 0 Å². The fourth-order valence-corrected chi connectivity index (χ4v) is 1.55. The van der Waals surface area contributed by atoms with Gasteiger partial charge in [-0.3, -0.25) is 0 Å². The molecule has 0 heterocycles. The Hall–Kier alpha value is 0.310. The molecule has 0 amide bonds. The van der Waals surface area contributed by atoms with Crippen molar-refractivity contribution in [1.29, 1.82) is 0 Å². The lowest BCUT2D eigenvalue weighted by atomic mass is 10.3. The number of phenols is 1. The highest BCUT2D eigenvalue weighted by Gasteiger charge is 2.01. The van der Waals surface area contributed by atoms with Crippen LogP contribution in [0.5, 0.6) is 5.75 Å². The maximum Gasteiger partial charge on any atom is 0.130 e. The van der Waals surface area contributed by atoms with Gasteiger partial charge in [0.25, 0.3) is 0 Å². The van der Waals surface area contributed by atoms with Crippen LogP contribution in [0.3, 0.4) is 0 Å². The van der Waals surface area contributed by atoms with Gasteiger partial charge in [0.2, 0.25) is 0 Å². The second-order valence-electron chi connectivity index (χ2n) is 2.01. The lowest BCUT2D eigenvalue weighted by Crippen LogP contribution is -2.15. The van der Waals surface area contributed by atoms with Crippen LogP contribution in [-0.2, 0) is 0 Å². The van der Waals surface area contributed by atoms with E-state index in [1.165, 1.54) is 0 Å². The Balaban J connectivity index is 3.34. The molecule has 0 spiro atoms. The molecule has 0 aliphatic carbocycles. The van der Waals surface area contributed by atoms with Crippen molar-refractivity contribution in [2.75, 3.05) is 0 Å². The Bertz CT molecular complexity index is 232. The molecule has 0 radical (unpaired) electrons. The van der Waals surface area contributed by atoms with E-state index in [1.807, 2.05) is 12.1 Å². The summed E-state index contributed by atoms with van der Waals surface area (Å²) in [6.45, 7) is 0. The highest BCUT2D eigenvalue weighted by Crippen LogP contribution is 2.08. The maximum absolute atomic E-state index is 9.33. The summed E-state index contributed by atoms with van der Waals surface area (Å²) in [7, 11) is 7.52. The van der Waals surface area contributed by atoms with Crippen molar-refractivity contribution >= 4 is 43.6 Å². The van der Waals surface area contributed by atoms with Crippen LogP contribution in [0.1, 0.15) is 0 Å². The fraction of sp³-hybridized carbons (Fsp3) is 0. The van der Waals surface area contributed by atoms with Crippen molar-refractivity contribution in [1.82, 2.24) is 0 Å². The van der Waals surface area contributed by atoms with Gasteiger partial charge in [-0.15, -0.1) is 27.7 Å². The molecule has 54 valence electrons. The minimum absolute atomic E-state index is 0.336. The molecule has 1 N–H and O–H groups in total. The van der Waals surface area contributed by atoms with Gasteiger partial charge in [-0.1, -0.05) is 12.1 Å². The summed E-state index contributed by atoms with van der Waals surface area (Å²) in [6, 6.07) is 3.80. The van der Waals surface area contributed by atoms with Crippen LogP contribution in [0.2, 0.25) is 0 Å². The summed E-state index contributed by atoms with van der Waals surface area (Å²) in [5.74, 6) is 0.336. The largest absolute Gasteiger partial charge is 0.507 e. The van der Waals surface area contributed by atoms with E-state index in [-0.39, 0.29) is 0 Å². The normalized spacial score (nSPS) is 9.90. The first-order valence-electron chi connectivity index (χ1n) is 2.75. The standard InChI is InChI=1S/C6H9OP3/c7-5-3(8)1-2-4(9)6(5)10/h1-2,7H,8-10H2. The van der Waals surface area contributed by atoms with Crippen molar-refractivity contribution in [2.45, 2.75) is 0 Å². The minimum atomic E-state index is 0.336. The van der Waals surface area contributed by atoms with Gasteiger partial charge in [0.1, 0.15) is 5.75 Å². The Morgan fingerprint density at radius 2 is 1.50 bits per heavy atom. The Labute approximate surface area is 67.2 Å². The van der Waals surface area contributed by atoms with Crippen molar-refractivity contribution in [2.24, 2.45) is 0 Å². The number of phenolic OH excluding ortho intramolecular Hbond substituents is 1. The molecular weight excluding hydrogens is 181 g/mol. The Morgan fingerprint density at radius 3 is 2.00 bits per heavy atom. The lowest BCUT2D eigenvalue weighted by molar-refractivity contribution is 0.485. The van der Waals surface area contributed by atoms with Crippen LogP contribution >= 0.6 is 27.7 Å². The van der Waals surface area contributed by atoms with Gasteiger partial charge in [-0.25, -0.2) is 0 Å². The molecule has 4 heteroatoms. The molecule has 3 atom stereocenters. The Kier molecular flexibility index (Phi) is 2.64. The van der Waals surface area contributed by atoms with E-state index in [9.17, 15) is 5.11 Å². The van der Waals surface area contributed by atoms with Crippen LogP contribution in [0.4, 0.5) is 0 Å². The minimum Gasteiger partial charge on any atom is -0.507 e.